The van der Waals surface area contributed by atoms with Gasteiger partial charge in [0.05, 0.1) is 10.7 Å². The van der Waals surface area contributed by atoms with Gasteiger partial charge in [-0.3, -0.25) is 0 Å². The molecule has 2 nitrogen and oxygen atoms in total. The summed E-state index contributed by atoms with van der Waals surface area (Å²) in [4.78, 5) is 4.68. The molecule has 0 aliphatic carbocycles. The SMILES string of the molecule is CCCC(C)NC(C)c1csc(C(C)C)n1. The van der Waals surface area contributed by atoms with Crippen LogP contribution in [-0.2, 0) is 0 Å². The van der Waals surface area contributed by atoms with Gasteiger partial charge in [-0.15, -0.1) is 11.3 Å². The van der Waals surface area contributed by atoms with Gasteiger partial charge < -0.3 is 5.32 Å². The summed E-state index contributed by atoms with van der Waals surface area (Å²) in [5.41, 5.74) is 1.19. The Hall–Kier alpha value is -0.410. The van der Waals surface area contributed by atoms with Crippen molar-refractivity contribution in [1.82, 2.24) is 10.3 Å². The predicted molar refractivity (Wildman–Crippen MR) is 72.1 cm³/mol. The third-order valence-corrected chi connectivity index (χ3v) is 3.90. The van der Waals surface area contributed by atoms with Crippen LogP contribution in [0.3, 0.4) is 0 Å². The van der Waals surface area contributed by atoms with Gasteiger partial charge in [0, 0.05) is 23.4 Å². The Kier molecular flexibility index (Phi) is 5.42. The standard InChI is InChI=1S/C13H24N2S/c1-6-7-10(4)14-11(5)12-8-16-13(15-12)9(2)3/h8-11,14H,6-7H2,1-5H3. The van der Waals surface area contributed by atoms with Gasteiger partial charge in [-0.2, -0.15) is 0 Å². The molecule has 0 bridgehead atoms. The second-order valence-corrected chi connectivity index (χ2v) is 5.73. The van der Waals surface area contributed by atoms with E-state index in [0.29, 0.717) is 18.0 Å². The van der Waals surface area contributed by atoms with Crippen LogP contribution >= 0.6 is 11.3 Å². The van der Waals surface area contributed by atoms with Crippen molar-refractivity contribution >= 4 is 11.3 Å². The first-order valence-corrected chi connectivity index (χ1v) is 7.13. The molecule has 1 N–H and O–H groups in total. The van der Waals surface area contributed by atoms with Crippen molar-refractivity contribution in [2.75, 3.05) is 0 Å². The van der Waals surface area contributed by atoms with Gasteiger partial charge >= 0.3 is 0 Å². The number of thiazole rings is 1. The zero-order chi connectivity index (χ0) is 12.1. The largest absolute Gasteiger partial charge is 0.306 e. The minimum absolute atomic E-state index is 0.366. The van der Waals surface area contributed by atoms with Crippen LogP contribution in [0.2, 0.25) is 0 Å². The summed E-state index contributed by atoms with van der Waals surface area (Å²) >= 11 is 1.78. The van der Waals surface area contributed by atoms with E-state index in [0.717, 1.165) is 0 Å². The molecule has 1 aromatic rings. The maximum atomic E-state index is 4.68. The molecule has 0 radical (unpaired) electrons. The van der Waals surface area contributed by atoms with Crippen molar-refractivity contribution in [3.05, 3.63) is 16.1 Å². The number of nitrogens with zero attached hydrogens (tertiary/aromatic N) is 1. The fourth-order valence-corrected chi connectivity index (χ4v) is 2.72. The molecule has 1 aromatic heterocycles. The van der Waals surface area contributed by atoms with E-state index in [1.165, 1.54) is 23.5 Å². The first-order valence-electron chi connectivity index (χ1n) is 6.26. The second-order valence-electron chi connectivity index (χ2n) is 4.84. The number of rotatable bonds is 6. The molecular weight excluding hydrogens is 216 g/mol. The van der Waals surface area contributed by atoms with Crippen LogP contribution in [0, 0.1) is 0 Å². The summed E-state index contributed by atoms with van der Waals surface area (Å²) < 4.78 is 0. The Morgan fingerprint density at radius 2 is 2.00 bits per heavy atom. The molecule has 0 aliphatic heterocycles. The molecule has 2 unspecified atom stereocenters. The van der Waals surface area contributed by atoms with Gasteiger partial charge in [0.2, 0.25) is 0 Å². The molecule has 92 valence electrons. The highest BCUT2D eigenvalue weighted by Crippen LogP contribution is 2.23. The van der Waals surface area contributed by atoms with Crippen LogP contribution in [0.25, 0.3) is 0 Å². The van der Waals surface area contributed by atoms with Crippen LogP contribution in [0.4, 0.5) is 0 Å². The minimum atomic E-state index is 0.366. The average molecular weight is 240 g/mol. The predicted octanol–water partition coefficient (Wildman–Crippen LogP) is 4.11. The molecule has 16 heavy (non-hydrogen) atoms. The average Bonchev–Trinajstić information content (AvgIpc) is 2.66. The molecule has 1 heterocycles. The topological polar surface area (TPSA) is 24.9 Å². The molecule has 2 atom stereocenters. The number of aromatic nitrogens is 1. The fourth-order valence-electron chi connectivity index (χ4n) is 1.79. The minimum Gasteiger partial charge on any atom is -0.306 e. The van der Waals surface area contributed by atoms with E-state index in [4.69, 9.17) is 0 Å². The second kappa shape index (κ2) is 6.36. The van der Waals surface area contributed by atoms with Crippen LogP contribution in [-0.4, -0.2) is 11.0 Å². The zero-order valence-electron chi connectivity index (χ0n) is 11.1. The maximum absolute atomic E-state index is 4.68. The lowest BCUT2D eigenvalue weighted by molar-refractivity contribution is 0.447. The Bertz CT molecular complexity index is 307. The van der Waals surface area contributed by atoms with E-state index >= 15 is 0 Å². The first-order chi connectivity index (χ1) is 7.54. The summed E-state index contributed by atoms with van der Waals surface area (Å²) in [5.74, 6) is 0.541. The molecule has 0 spiro atoms. The molecule has 1 rings (SSSR count). The quantitative estimate of drug-likeness (QED) is 0.809. The van der Waals surface area contributed by atoms with E-state index in [9.17, 15) is 0 Å². The van der Waals surface area contributed by atoms with Crippen LogP contribution in [0.5, 0.6) is 0 Å². The highest BCUT2D eigenvalue weighted by Gasteiger charge is 2.13. The van der Waals surface area contributed by atoms with E-state index in [-0.39, 0.29) is 0 Å². The lowest BCUT2D eigenvalue weighted by Gasteiger charge is -2.17. The Labute approximate surface area is 103 Å². The monoisotopic (exact) mass is 240 g/mol. The Balaban J connectivity index is 2.55. The van der Waals surface area contributed by atoms with Crippen LogP contribution in [0.15, 0.2) is 5.38 Å². The number of hydrogen-bond donors (Lipinski definition) is 1. The highest BCUT2D eigenvalue weighted by atomic mass is 32.1. The Morgan fingerprint density at radius 1 is 1.31 bits per heavy atom. The lowest BCUT2D eigenvalue weighted by Crippen LogP contribution is -2.28. The summed E-state index contributed by atoms with van der Waals surface area (Å²) in [6.07, 6.45) is 2.46. The number of nitrogens with one attached hydrogen (secondary N) is 1. The summed E-state index contributed by atoms with van der Waals surface area (Å²) in [7, 11) is 0. The molecule has 0 aromatic carbocycles. The van der Waals surface area contributed by atoms with Gasteiger partial charge in [0.1, 0.15) is 0 Å². The molecular formula is C13H24N2S. The van der Waals surface area contributed by atoms with Crippen molar-refractivity contribution < 1.29 is 0 Å². The lowest BCUT2D eigenvalue weighted by atomic mass is 10.1. The van der Waals surface area contributed by atoms with Gasteiger partial charge in [-0.25, -0.2) is 4.98 Å². The molecule has 0 fully saturated rings. The molecule has 0 aliphatic rings. The maximum Gasteiger partial charge on any atom is 0.0954 e. The Morgan fingerprint density at radius 3 is 2.50 bits per heavy atom. The van der Waals surface area contributed by atoms with E-state index in [1.54, 1.807) is 11.3 Å². The third-order valence-electron chi connectivity index (χ3n) is 2.73. The molecule has 0 saturated carbocycles. The van der Waals surface area contributed by atoms with Crippen molar-refractivity contribution in [3.8, 4) is 0 Å². The van der Waals surface area contributed by atoms with Crippen molar-refractivity contribution in [2.45, 2.75) is 65.5 Å². The first kappa shape index (κ1) is 13.7. The van der Waals surface area contributed by atoms with Gasteiger partial charge in [0.15, 0.2) is 0 Å². The van der Waals surface area contributed by atoms with E-state index in [1.807, 2.05) is 0 Å². The van der Waals surface area contributed by atoms with Crippen molar-refractivity contribution in [1.29, 1.82) is 0 Å². The van der Waals surface area contributed by atoms with Crippen LogP contribution < -0.4 is 5.32 Å². The fraction of sp³-hybridized carbons (Fsp3) is 0.769. The highest BCUT2D eigenvalue weighted by molar-refractivity contribution is 7.09. The normalized spacial score (nSPS) is 15.4. The molecule has 0 saturated heterocycles. The zero-order valence-corrected chi connectivity index (χ0v) is 11.9. The summed E-state index contributed by atoms with van der Waals surface area (Å²) in [5, 5.41) is 7.02. The van der Waals surface area contributed by atoms with Crippen molar-refractivity contribution in [3.63, 3.8) is 0 Å². The number of hydrogen-bond acceptors (Lipinski definition) is 3. The van der Waals surface area contributed by atoms with Gasteiger partial charge in [-0.05, 0) is 20.3 Å². The third kappa shape index (κ3) is 3.87. The van der Waals surface area contributed by atoms with Crippen molar-refractivity contribution in [2.24, 2.45) is 0 Å². The van der Waals surface area contributed by atoms with E-state index < -0.39 is 0 Å². The van der Waals surface area contributed by atoms with Crippen LogP contribution in [0.1, 0.15) is 70.1 Å². The van der Waals surface area contributed by atoms with Gasteiger partial charge in [0.25, 0.3) is 0 Å². The summed E-state index contributed by atoms with van der Waals surface area (Å²) in [6, 6.07) is 0.939. The smallest absolute Gasteiger partial charge is 0.0954 e. The molecule has 0 amide bonds. The van der Waals surface area contributed by atoms with Gasteiger partial charge in [-0.1, -0.05) is 27.2 Å². The van der Waals surface area contributed by atoms with E-state index in [2.05, 4.69) is 50.3 Å². The summed E-state index contributed by atoms with van der Waals surface area (Å²) in [6.45, 7) is 11.1. The molecule has 3 heteroatoms.